The number of rotatable bonds is 7. The Balaban J connectivity index is 1.57. The van der Waals surface area contributed by atoms with Gasteiger partial charge < -0.3 is 5.32 Å². The zero-order valence-electron chi connectivity index (χ0n) is 15.3. The van der Waals surface area contributed by atoms with Crippen molar-refractivity contribution in [1.82, 2.24) is 14.8 Å². The highest BCUT2D eigenvalue weighted by molar-refractivity contribution is 7.99. The number of aromatic nitrogens is 3. The molecule has 0 saturated heterocycles. The fourth-order valence-corrected chi connectivity index (χ4v) is 4.00. The van der Waals surface area contributed by atoms with Gasteiger partial charge in [-0.15, -0.1) is 10.2 Å². The average molecular weight is 379 g/mol. The van der Waals surface area contributed by atoms with Gasteiger partial charge in [-0.3, -0.25) is 9.36 Å². The minimum Gasteiger partial charge on any atom is -0.326 e. The summed E-state index contributed by atoms with van der Waals surface area (Å²) in [6.45, 7) is 1.52. The first-order valence-corrected chi connectivity index (χ1v) is 10.2. The molecule has 5 nitrogen and oxygen atoms in total. The van der Waals surface area contributed by atoms with Crippen molar-refractivity contribution in [1.29, 1.82) is 0 Å². The summed E-state index contributed by atoms with van der Waals surface area (Å²) >= 11 is 1.72. The van der Waals surface area contributed by atoms with Crippen LogP contribution in [0.3, 0.4) is 0 Å². The molecule has 1 N–H and O–H groups in total. The quantitative estimate of drug-likeness (QED) is 0.618. The molecule has 1 saturated carbocycles. The highest BCUT2D eigenvalue weighted by Crippen LogP contribution is 2.41. The summed E-state index contributed by atoms with van der Waals surface area (Å²) < 4.78 is 2.15. The van der Waals surface area contributed by atoms with E-state index < -0.39 is 0 Å². The molecule has 1 heterocycles. The average Bonchev–Trinajstić information content (AvgIpc) is 3.42. The van der Waals surface area contributed by atoms with Gasteiger partial charge in [-0.25, -0.2) is 0 Å². The third-order valence-corrected chi connectivity index (χ3v) is 5.42. The van der Waals surface area contributed by atoms with E-state index in [0.29, 0.717) is 5.92 Å². The van der Waals surface area contributed by atoms with Gasteiger partial charge >= 0.3 is 0 Å². The maximum Gasteiger partial charge on any atom is 0.221 e. The Hall–Kier alpha value is -2.60. The Morgan fingerprint density at radius 3 is 2.70 bits per heavy atom. The summed E-state index contributed by atoms with van der Waals surface area (Å²) in [5, 5.41) is 12.7. The van der Waals surface area contributed by atoms with E-state index >= 15 is 0 Å². The van der Waals surface area contributed by atoms with E-state index in [1.54, 1.807) is 11.8 Å². The Morgan fingerprint density at radius 2 is 1.96 bits per heavy atom. The Bertz CT molecular complexity index is 934. The predicted octanol–water partition coefficient (Wildman–Crippen LogP) is 4.44. The number of carbonyl (C=O) groups is 1. The van der Waals surface area contributed by atoms with Crippen molar-refractivity contribution in [3.05, 3.63) is 66.0 Å². The van der Waals surface area contributed by atoms with Crippen molar-refractivity contribution < 1.29 is 4.79 Å². The summed E-state index contributed by atoms with van der Waals surface area (Å²) in [7, 11) is 0. The van der Waals surface area contributed by atoms with Crippen molar-refractivity contribution in [3.8, 4) is 5.69 Å². The second-order valence-corrected chi connectivity index (χ2v) is 7.83. The maximum atomic E-state index is 11.4. The summed E-state index contributed by atoms with van der Waals surface area (Å²) in [4.78, 5) is 11.4. The fraction of sp³-hybridized carbons (Fsp3) is 0.286. The lowest BCUT2D eigenvalue weighted by Gasteiger charge is -2.12. The summed E-state index contributed by atoms with van der Waals surface area (Å²) in [5.74, 6) is 2.39. The molecule has 27 heavy (non-hydrogen) atoms. The molecule has 0 aliphatic heterocycles. The number of carbonyl (C=O) groups excluding carboxylic acids is 1. The predicted molar refractivity (Wildman–Crippen MR) is 109 cm³/mol. The second-order valence-electron chi connectivity index (χ2n) is 6.77. The first-order valence-electron chi connectivity index (χ1n) is 9.21. The van der Waals surface area contributed by atoms with Crippen molar-refractivity contribution in [2.75, 3.05) is 11.1 Å². The Morgan fingerprint density at radius 1 is 1.15 bits per heavy atom. The van der Waals surface area contributed by atoms with Crippen LogP contribution in [-0.4, -0.2) is 26.4 Å². The molecular formula is C21H22N4OS. The minimum absolute atomic E-state index is 0.0733. The minimum atomic E-state index is -0.0733. The smallest absolute Gasteiger partial charge is 0.221 e. The summed E-state index contributed by atoms with van der Waals surface area (Å²) in [6.07, 6.45) is 3.32. The van der Waals surface area contributed by atoms with E-state index in [1.807, 2.05) is 30.3 Å². The number of thioether (sulfide) groups is 1. The molecule has 1 fully saturated rings. The molecule has 0 atom stereocenters. The third-order valence-electron chi connectivity index (χ3n) is 4.49. The SMILES string of the molecule is CC(=O)Nc1cccc(-n2c(SCCc3ccccc3)nnc2C2CC2)c1. The number of hydrogen-bond donors (Lipinski definition) is 1. The van der Waals surface area contributed by atoms with E-state index in [0.717, 1.165) is 47.4 Å². The fourth-order valence-electron chi connectivity index (χ4n) is 3.05. The third kappa shape index (κ3) is 4.39. The van der Waals surface area contributed by atoms with Crippen LogP contribution in [0, 0.1) is 0 Å². The molecule has 0 bridgehead atoms. The molecular weight excluding hydrogens is 356 g/mol. The molecule has 2 aromatic carbocycles. The maximum absolute atomic E-state index is 11.4. The van der Waals surface area contributed by atoms with Crippen LogP contribution in [0.1, 0.15) is 37.1 Å². The van der Waals surface area contributed by atoms with E-state index in [-0.39, 0.29) is 5.91 Å². The number of nitrogens with one attached hydrogen (secondary N) is 1. The topological polar surface area (TPSA) is 59.8 Å². The van der Waals surface area contributed by atoms with Gasteiger partial charge in [0.05, 0.1) is 5.69 Å². The van der Waals surface area contributed by atoms with Crippen molar-refractivity contribution in [3.63, 3.8) is 0 Å². The van der Waals surface area contributed by atoms with Crippen LogP contribution in [0.4, 0.5) is 5.69 Å². The molecule has 0 spiro atoms. The number of hydrogen-bond acceptors (Lipinski definition) is 4. The van der Waals surface area contributed by atoms with Gasteiger partial charge in [0.25, 0.3) is 0 Å². The van der Waals surface area contributed by atoms with Crippen molar-refractivity contribution in [2.24, 2.45) is 0 Å². The van der Waals surface area contributed by atoms with E-state index in [2.05, 4.69) is 44.3 Å². The summed E-state index contributed by atoms with van der Waals surface area (Å²) in [5.41, 5.74) is 3.11. The van der Waals surface area contributed by atoms with Gasteiger partial charge in [0.2, 0.25) is 5.91 Å². The van der Waals surface area contributed by atoms with E-state index in [1.165, 1.54) is 12.5 Å². The highest BCUT2D eigenvalue weighted by Gasteiger charge is 2.31. The van der Waals surface area contributed by atoms with E-state index in [4.69, 9.17) is 0 Å². The summed E-state index contributed by atoms with van der Waals surface area (Å²) in [6, 6.07) is 18.4. The Kier molecular flexibility index (Phi) is 5.25. The lowest BCUT2D eigenvalue weighted by atomic mass is 10.2. The highest BCUT2D eigenvalue weighted by atomic mass is 32.2. The molecule has 0 unspecified atom stereocenters. The number of benzene rings is 2. The van der Waals surface area contributed by atoms with Gasteiger partial charge in [-0.05, 0) is 43.0 Å². The van der Waals surface area contributed by atoms with Crippen LogP contribution >= 0.6 is 11.8 Å². The van der Waals surface area contributed by atoms with Gasteiger partial charge in [0.15, 0.2) is 5.16 Å². The normalized spacial score (nSPS) is 13.5. The molecule has 6 heteroatoms. The molecule has 1 aromatic heterocycles. The zero-order chi connectivity index (χ0) is 18.6. The lowest BCUT2D eigenvalue weighted by Crippen LogP contribution is -2.07. The molecule has 3 aromatic rings. The lowest BCUT2D eigenvalue weighted by molar-refractivity contribution is -0.114. The van der Waals surface area contributed by atoms with Gasteiger partial charge in [0.1, 0.15) is 5.82 Å². The number of amides is 1. The molecule has 1 aliphatic carbocycles. The second kappa shape index (κ2) is 7.96. The van der Waals surface area contributed by atoms with Crippen molar-refractivity contribution >= 4 is 23.4 Å². The van der Waals surface area contributed by atoms with Crippen LogP contribution in [0.15, 0.2) is 59.8 Å². The van der Waals surface area contributed by atoms with Crippen LogP contribution in [0.2, 0.25) is 0 Å². The number of nitrogens with zero attached hydrogens (tertiary/aromatic N) is 3. The van der Waals surface area contributed by atoms with Crippen LogP contribution in [0.25, 0.3) is 5.69 Å². The zero-order valence-corrected chi connectivity index (χ0v) is 16.1. The monoisotopic (exact) mass is 378 g/mol. The molecule has 4 rings (SSSR count). The first kappa shape index (κ1) is 17.8. The van der Waals surface area contributed by atoms with Gasteiger partial charge in [-0.1, -0.05) is 48.2 Å². The Labute approximate surface area is 163 Å². The number of anilines is 1. The first-order chi connectivity index (χ1) is 13.2. The molecule has 138 valence electrons. The van der Waals surface area contributed by atoms with Crippen LogP contribution in [-0.2, 0) is 11.2 Å². The van der Waals surface area contributed by atoms with E-state index in [9.17, 15) is 4.79 Å². The van der Waals surface area contributed by atoms with Gasteiger partial charge in [0, 0.05) is 24.3 Å². The standard InChI is InChI=1S/C21H22N4OS/c1-15(26)22-18-8-5-9-19(14-18)25-20(17-10-11-17)23-24-21(25)27-13-12-16-6-3-2-4-7-16/h2-9,14,17H,10-13H2,1H3,(H,22,26). The van der Waals surface area contributed by atoms with Crippen LogP contribution < -0.4 is 5.32 Å². The molecule has 0 radical (unpaired) electrons. The number of aryl methyl sites for hydroxylation is 1. The van der Waals surface area contributed by atoms with Gasteiger partial charge in [-0.2, -0.15) is 0 Å². The molecule has 1 amide bonds. The largest absolute Gasteiger partial charge is 0.326 e. The van der Waals surface area contributed by atoms with Crippen molar-refractivity contribution in [2.45, 2.75) is 37.3 Å². The molecule has 1 aliphatic rings. The van der Waals surface area contributed by atoms with Crippen LogP contribution in [0.5, 0.6) is 0 Å².